The maximum Gasteiger partial charge on any atom is 0.407 e. The number of amides is 1. The van der Waals surface area contributed by atoms with Gasteiger partial charge in [0.25, 0.3) is 0 Å². The maximum absolute atomic E-state index is 11.7. The first-order valence-electron chi connectivity index (χ1n) is 6.80. The second-order valence-corrected chi connectivity index (χ2v) is 5.89. The predicted octanol–water partition coefficient (Wildman–Crippen LogP) is 1.63. The van der Waals surface area contributed by atoms with E-state index < -0.39 is 11.7 Å². The lowest BCUT2D eigenvalue weighted by Gasteiger charge is -2.24. The fourth-order valence-electron chi connectivity index (χ4n) is 1.31. The number of nitrogens with two attached hydrogens (primary N) is 1. The molecule has 0 radical (unpaired) electrons. The molecular weight excluding hydrogens is 256 g/mol. The Bertz CT molecular complexity index is 346. The Morgan fingerprint density at radius 1 is 1.45 bits per heavy atom. The third-order valence-electron chi connectivity index (χ3n) is 2.39. The Balaban J connectivity index is 4.44. The van der Waals surface area contributed by atoms with Crippen LogP contribution in [-0.4, -0.2) is 36.8 Å². The van der Waals surface area contributed by atoms with Crippen molar-refractivity contribution in [1.82, 2.24) is 10.6 Å². The molecule has 0 saturated heterocycles. The summed E-state index contributed by atoms with van der Waals surface area (Å²) >= 11 is 0. The van der Waals surface area contributed by atoms with Crippen LogP contribution in [0, 0.1) is 5.92 Å². The van der Waals surface area contributed by atoms with Gasteiger partial charge in [0, 0.05) is 6.54 Å². The smallest absolute Gasteiger partial charge is 0.407 e. The Morgan fingerprint density at radius 2 is 2.05 bits per heavy atom. The van der Waals surface area contributed by atoms with Crippen LogP contribution in [0.3, 0.4) is 0 Å². The molecule has 1 amide bonds. The van der Waals surface area contributed by atoms with E-state index in [0.29, 0.717) is 19.0 Å². The van der Waals surface area contributed by atoms with E-state index in [0.717, 1.165) is 0 Å². The second-order valence-electron chi connectivity index (χ2n) is 5.89. The van der Waals surface area contributed by atoms with E-state index in [4.69, 9.17) is 10.5 Å². The minimum absolute atomic E-state index is 0.131. The summed E-state index contributed by atoms with van der Waals surface area (Å²) in [6.45, 7) is 14.0. The van der Waals surface area contributed by atoms with Crippen molar-refractivity contribution in [3.8, 4) is 0 Å². The van der Waals surface area contributed by atoms with Gasteiger partial charge in [-0.2, -0.15) is 0 Å². The van der Waals surface area contributed by atoms with Crippen molar-refractivity contribution in [1.29, 1.82) is 0 Å². The van der Waals surface area contributed by atoms with Crippen LogP contribution in [0.2, 0.25) is 0 Å². The summed E-state index contributed by atoms with van der Waals surface area (Å²) in [5, 5.41) is 5.70. The Morgan fingerprint density at radius 3 is 2.50 bits per heavy atom. The first-order valence-corrected chi connectivity index (χ1v) is 6.80. The maximum atomic E-state index is 11.7. The molecule has 0 saturated carbocycles. The van der Waals surface area contributed by atoms with Gasteiger partial charge in [-0.05, 0) is 26.7 Å². The third kappa shape index (κ3) is 9.24. The van der Waals surface area contributed by atoms with Crippen molar-refractivity contribution in [2.24, 2.45) is 16.6 Å². The lowest BCUT2D eigenvalue weighted by molar-refractivity contribution is 0.0493. The van der Waals surface area contributed by atoms with E-state index in [9.17, 15) is 4.79 Å². The molecule has 0 fully saturated rings. The summed E-state index contributed by atoms with van der Waals surface area (Å²) in [6.07, 6.45) is 1.25. The minimum Gasteiger partial charge on any atom is -0.444 e. The molecule has 116 valence electrons. The zero-order valence-electron chi connectivity index (χ0n) is 13.2. The second kappa shape index (κ2) is 8.45. The van der Waals surface area contributed by atoms with Crippen LogP contribution in [0.25, 0.3) is 0 Å². The molecule has 0 aliphatic heterocycles. The van der Waals surface area contributed by atoms with Gasteiger partial charge in [-0.15, -0.1) is 6.58 Å². The van der Waals surface area contributed by atoms with E-state index in [2.05, 4.69) is 22.2 Å². The van der Waals surface area contributed by atoms with E-state index in [1.54, 1.807) is 6.08 Å². The van der Waals surface area contributed by atoms with Crippen molar-refractivity contribution in [2.75, 3.05) is 13.1 Å². The Labute approximate surface area is 121 Å². The number of rotatable bonds is 6. The molecule has 20 heavy (non-hydrogen) atoms. The van der Waals surface area contributed by atoms with Gasteiger partial charge in [-0.1, -0.05) is 19.9 Å². The van der Waals surface area contributed by atoms with Crippen LogP contribution in [0.1, 0.15) is 34.6 Å². The molecule has 0 aliphatic carbocycles. The quantitative estimate of drug-likeness (QED) is 0.393. The van der Waals surface area contributed by atoms with Gasteiger partial charge >= 0.3 is 6.09 Å². The standard InChI is InChI=1S/C14H28N4O2/c1-7-8-16-12(15)17-9-11(10(2)3)18-13(19)20-14(4,5)6/h7,10-11H,1,8-9H2,2-6H3,(H,18,19)(H3,15,16,17). The zero-order valence-corrected chi connectivity index (χ0v) is 13.2. The van der Waals surface area contributed by atoms with Gasteiger partial charge in [0.05, 0.1) is 12.6 Å². The summed E-state index contributed by atoms with van der Waals surface area (Å²) in [6, 6.07) is -0.131. The van der Waals surface area contributed by atoms with Gasteiger partial charge in [0.1, 0.15) is 5.60 Å². The van der Waals surface area contributed by atoms with E-state index in [-0.39, 0.29) is 12.0 Å². The monoisotopic (exact) mass is 284 g/mol. The molecule has 0 aromatic heterocycles. The van der Waals surface area contributed by atoms with Crippen molar-refractivity contribution >= 4 is 12.1 Å². The summed E-state index contributed by atoms with van der Waals surface area (Å²) < 4.78 is 5.23. The number of carbonyl (C=O) groups is 1. The summed E-state index contributed by atoms with van der Waals surface area (Å²) in [5.41, 5.74) is 5.17. The summed E-state index contributed by atoms with van der Waals surface area (Å²) in [5.74, 6) is 0.556. The molecule has 1 atom stereocenters. The molecule has 0 bridgehead atoms. The Hall–Kier alpha value is -1.72. The molecule has 1 unspecified atom stereocenters. The number of nitrogens with zero attached hydrogens (tertiary/aromatic N) is 1. The van der Waals surface area contributed by atoms with Crippen molar-refractivity contribution in [3.05, 3.63) is 12.7 Å². The van der Waals surface area contributed by atoms with Gasteiger partial charge in [0.15, 0.2) is 5.96 Å². The van der Waals surface area contributed by atoms with Crippen LogP contribution in [0.5, 0.6) is 0 Å². The number of hydrogen-bond donors (Lipinski definition) is 3. The van der Waals surface area contributed by atoms with Crippen LogP contribution < -0.4 is 16.4 Å². The fraction of sp³-hybridized carbons (Fsp3) is 0.714. The van der Waals surface area contributed by atoms with Crippen LogP contribution in [0.4, 0.5) is 4.79 Å². The average molecular weight is 284 g/mol. The fourth-order valence-corrected chi connectivity index (χ4v) is 1.31. The molecule has 0 spiro atoms. The Kier molecular flexibility index (Phi) is 7.72. The molecule has 0 aliphatic rings. The minimum atomic E-state index is -0.514. The lowest BCUT2D eigenvalue weighted by atomic mass is 10.1. The molecular formula is C14H28N4O2. The number of nitrogens with one attached hydrogen (secondary N) is 2. The average Bonchev–Trinajstić information content (AvgIpc) is 2.29. The van der Waals surface area contributed by atoms with Crippen LogP contribution in [-0.2, 0) is 4.74 Å². The van der Waals surface area contributed by atoms with Crippen molar-refractivity contribution in [2.45, 2.75) is 46.3 Å². The summed E-state index contributed by atoms with van der Waals surface area (Å²) in [7, 11) is 0. The highest BCUT2D eigenvalue weighted by atomic mass is 16.6. The third-order valence-corrected chi connectivity index (χ3v) is 2.39. The number of carbonyl (C=O) groups excluding carboxylic acids is 1. The lowest BCUT2D eigenvalue weighted by Crippen LogP contribution is -2.44. The molecule has 4 N–H and O–H groups in total. The highest BCUT2D eigenvalue weighted by Crippen LogP contribution is 2.08. The summed E-state index contributed by atoms with van der Waals surface area (Å²) in [4.78, 5) is 15.9. The van der Waals surface area contributed by atoms with Crippen molar-refractivity contribution < 1.29 is 9.53 Å². The molecule has 0 rings (SSSR count). The van der Waals surface area contributed by atoms with E-state index >= 15 is 0 Å². The molecule has 6 heteroatoms. The number of aliphatic imine (C=N–C) groups is 1. The number of ether oxygens (including phenoxy) is 1. The predicted molar refractivity (Wildman–Crippen MR) is 82.7 cm³/mol. The highest BCUT2D eigenvalue weighted by Gasteiger charge is 2.21. The SMILES string of the molecule is C=CCNC(N)=NCC(NC(=O)OC(C)(C)C)C(C)C. The van der Waals surface area contributed by atoms with Gasteiger partial charge < -0.3 is 21.1 Å². The van der Waals surface area contributed by atoms with Gasteiger partial charge in [-0.25, -0.2) is 4.79 Å². The highest BCUT2D eigenvalue weighted by molar-refractivity contribution is 5.78. The number of guanidine groups is 1. The van der Waals surface area contributed by atoms with Gasteiger partial charge in [-0.3, -0.25) is 4.99 Å². The van der Waals surface area contributed by atoms with Crippen LogP contribution >= 0.6 is 0 Å². The topological polar surface area (TPSA) is 88.7 Å². The number of alkyl carbamates (subject to hydrolysis) is 1. The largest absolute Gasteiger partial charge is 0.444 e. The number of hydrogen-bond acceptors (Lipinski definition) is 3. The molecule has 6 nitrogen and oxygen atoms in total. The molecule has 0 aromatic carbocycles. The van der Waals surface area contributed by atoms with E-state index in [1.807, 2.05) is 34.6 Å². The first-order chi connectivity index (χ1) is 9.15. The molecule has 0 aromatic rings. The van der Waals surface area contributed by atoms with Crippen molar-refractivity contribution in [3.63, 3.8) is 0 Å². The van der Waals surface area contributed by atoms with Gasteiger partial charge in [0.2, 0.25) is 0 Å². The molecule has 0 heterocycles. The zero-order chi connectivity index (χ0) is 15.8. The van der Waals surface area contributed by atoms with Crippen LogP contribution in [0.15, 0.2) is 17.6 Å². The first kappa shape index (κ1) is 18.3. The van der Waals surface area contributed by atoms with E-state index in [1.165, 1.54) is 0 Å². The normalized spacial score (nSPS) is 13.8.